The molecule has 0 saturated carbocycles. The molecule has 1 aliphatic heterocycles. The summed E-state index contributed by atoms with van der Waals surface area (Å²) < 4.78 is 42.0. The van der Waals surface area contributed by atoms with Crippen LogP contribution >= 0.6 is 0 Å². The molecule has 1 saturated heterocycles. The van der Waals surface area contributed by atoms with Gasteiger partial charge in [0.05, 0.1) is 21.8 Å². The van der Waals surface area contributed by atoms with E-state index in [1.54, 1.807) is 36.5 Å². The van der Waals surface area contributed by atoms with Gasteiger partial charge in [-0.1, -0.05) is 42.5 Å². The number of benzene rings is 2. The lowest BCUT2D eigenvalue weighted by Crippen LogP contribution is -2.41. The van der Waals surface area contributed by atoms with Crippen molar-refractivity contribution < 1.29 is 17.7 Å². The Labute approximate surface area is 219 Å². The first-order chi connectivity index (χ1) is 17.4. The van der Waals surface area contributed by atoms with Crippen molar-refractivity contribution in [3.05, 3.63) is 78.5 Å². The molecule has 9 heteroatoms. The van der Waals surface area contributed by atoms with Crippen molar-refractivity contribution >= 4 is 33.6 Å². The van der Waals surface area contributed by atoms with Crippen LogP contribution in [0.1, 0.15) is 33.3 Å². The average Bonchev–Trinajstić information content (AvgIpc) is 3.34. The van der Waals surface area contributed by atoms with Gasteiger partial charge in [0.25, 0.3) is 10.0 Å². The molecule has 0 atom stereocenters. The molecule has 4 aromatic rings. The number of pyridine rings is 1. The highest BCUT2D eigenvalue weighted by Gasteiger charge is 2.52. The van der Waals surface area contributed by atoms with Gasteiger partial charge in [0.1, 0.15) is 0 Å². The van der Waals surface area contributed by atoms with Gasteiger partial charge in [-0.05, 0) is 82.6 Å². The zero-order valence-corrected chi connectivity index (χ0v) is 22.9. The number of rotatable bonds is 6. The van der Waals surface area contributed by atoms with Crippen LogP contribution in [0.25, 0.3) is 22.3 Å². The van der Waals surface area contributed by atoms with Crippen molar-refractivity contribution in [2.45, 2.75) is 50.3 Å². The van der Waals surface area contributed by atoms with Crippen LogP contribution < -0.4 is 5.46 Å². The summed E-state index contributed by atoms with van der Waals surface area (Å²) in [6.07, 6.45) is 1.61. The fourth-order valence-corrected chi connectivity index (χ4v) is 6.06. The molecule has 5 rings (SSSR count). The zero-order chi connectivity index (χ0) is 26.6. The summed E-state index contributed by atoms with van der Waals surface area (Å²) >= 11 is 0. The molecule has 3 heterocycles. The van der Waals surface area contributed by atoms with Gasteiger partial charge in [-0.2, -0.15) is 0 Å². The third kappa shape index (κ3) is 4.50. The summed E-state index contributed by atoms with van der Waals surface area (Å²) in [6, 6.07) is 20.1. The molecule has 0 amide bonds. The highest BCUT2D eigenvalue weighted by atomic mass is 32.2. The van der Waals surface area contributed by atoms with Crippen LogP contribution in [0.5, 0.6) is 0 Å². The van der Waals surface area contributed by atoms with E-state index < -0.39 is 28.3 Å². The first-order valence-corrected chi connectivity index (χ1v) is 13.8. The minimum atomic E-state index is -3.95. The molecule has 0 spiro atoms. The Kier molecular flexibility index (Phi) is 6.31. The standard InChI is InChI=1S/C28H32BN3O4S/c1-27(2)28(3,4)36-29(35-27)24-16-17-30-26-23(24)18-25(21-14-12-20(13-15-21)19-31(5)6)32(26)37(33,34)22-10-8-7-9-11-22/h7-18H,19H2,1-6H3. The molecule has 0 N–H and O–H groups in total. The molecule has 2 aromatic carbocycles. The van der Waals surface area contributed by atoms with Gasteiger partial charge >= 0.3 is 7.12 Å². The Bertz CT molecular complexity index is 1530. The van der Waals surface area contributed by atoms with E-state index >= 15 is 0 Å². The molecular weight excluding hydrogens is 485 g/mol. The Morgan fingerprint density at radius 1 is 0.919 bits per heavy atom. The Morgan fingerprint density at radius 2 is 1.54 bits per heavy atom. The number of fused-ring (bicyclic) bond motifs is 1. The lowest BCUT2D eigenvalue weighted by Gasteiger charge is -2.32. The van der Waals surface area contributed by atoms with Gasteiger partial charge < -0.3 is 14.2 Å². The summed E-state index contributed by atoms with van der Waals surface area (Å²) in [5.41, 5.74) is 2.47. The SMILES string of the molecule is CN(C)Cc1ccc(-c2cc3c(B4OC(C)(C)C(C)(C)O4)ccnc3n2S(=O)(=O)c2ccccc2)cc1. The summed E-state index contributed by atoms with van der Waals surface area (Å²) in [4.78, 5) is 6.83. The quantitative estimate of drug-likeness (QED) is 0.355. The first-order valence-electron chi connectivity index (χ1n) is 12.3. The molecule has 192 valence electrons. The van der Waals surface area contributed by atoms with E-state index in [9.17, 15) is 8.42 Å². The molecule has 0 bridgehead atoms. The van der Waals surface area contributed by atoms with E-state index in [0.717, 1.165) is 23.1 Å². The van der Waals surface area contributed by atoms with Crippen molar-refractivity contribution in [3.63, 3.8) is 0 Å². The van der Waals surface area contributed by atoms with Crippen LogP contribution in [0, 0.1) is 0 Å². The van der Waals surface area contributed by atoms with Gasteiger partial charge in [-0.3, -0.25) is 0 Å². The van der Waals surface area contributed by atoms with Crippen molar-refractivity contribution in [2.75, 3.05) is 14.1 Å². The predicted octanol–water partition coefficient (Wildman–Crippen LogP) is 4.30. The van der Waals surface area contributed by atoms with Gasteiger partial charge in [-0.25, -0.2) is 17.4 Å². The topological polar surface area (TPSA) is 73.7 Å². The number of aromatic nitrogens is 2. The van der Waals surface area contributed by atoms with Crippen LogP contribution in [-0.4, -0.2) is 54.7 Å². The van der Waals surface area contributed by atoms with Gasteiger partial charge in [0.15, 0.2) is 5.65 Å². The van der Waals surface area contributed by atoms with E-state index in [-0.39, 0.29) is 4.90 Å². The van der Waals surface area contributed by atoms with Crippen molar-refractivity contribution in [1.29, 1.82) is 0 Å². The summed E-state index contributed by atoms with van der Waals surface area (Å²) in [5, 5.41) is 0.674. The van der Waals surface area contributed by atoms with Crippen molar-refractivity contribution in [2.24, 2.45) is 0 Å². The van der Waals surface area contributed by atoms with Crippen LogP contribution in [-0.2, 0) is 25.9 Å². The van der Waals surface area contributed by atoms with E-state index in [0.29, 0.717) is 16.7 Å². The normalized spacial score (nSPS) is 17.1. The highest BCUT2D eigenvalue weighted by Crippen LogP contribution is 2.38. The fraction of sp³-hybridized carbons (Fsp3) is 0.321. The Hall–Kier alpha value is -2.98. The summed E-state index contributed by atoms with van der Waals surface area (Å²) in [7, 11) is -0.574. The molecular formula is C28H32BN3O4S. The maximum Gasteiger partial charge on any atom is 0.495 e. The maximum absolute atomic E-state index is 14.0. The highest BCUT2D eigenvalue weighted by molar-refractivity contribution is 7.90. The molecule has 2 aromatic heterocycles. The molecule has 0 radical (unpaired) electrons. The van der Waals surface area contributed by atoms with Gasteiger partial charge in [0, 0.05) is 18.1 Å². The van der Waals surface area contributed by atoms with Crippen molar-refractivity contribution in [1.82, 2.24) is 13.9 Å². The Morgan fingerprint density at radius 3 is 2.14 bits per heavy atom. The third-order valence-electron chi connectivity index (χ3n) is 7.23. The van der Waals surface area contributed by atoms with E-state index in [1.807, 2.05) is 78.2 Å². The smallest absolute Gasteiger partial charge is 0.399 e. The largest absolute Gasteiger partial charge is 0.495 e. The second-order valence-electron chi connectivity index (χ2n) is 10.8. The molecule has 1 aliphatic rings. The lowest BCUT2D eigenvalue weighted by molar-refractivity contribution is 0.00578. The maximum atomic E-state index is 14.0. The first kappa shape index (κ1) is 25.7. The Balaban J connectivity index is 1.73. The van der Waals surface area contributed by atoms with Gasteiger partial charge in [0.2, 0.25) is 0 Å². The van der Waals surface area contributed by atoms with Crippen LogP contribution in [0.4, 0.5) is 0 Å². The molecule has 0 unspecified atom stereocenters. The molecule has 7 nitrogen and oxygen atoms in total. The van der Waals surface area contributed by atoms with Crippen LogP contribution in [0.2, 0.25) is 0 Å². The monoisotopic (exact) mass is 517 g/mol. The van der Waals surface area contributed by atoms with E-state index in [1.165, 1.54) is 3.97 Å². The second kappa shape index (κ2) is 9.10. The van der Waals surface area contributed by atoms with Gasteiger partial charge in [-0.15, -0.1) is 0 Å². The molecule has 37 heavy (non-hydrogen) atoms. The zero-order valence-electron chi connectivity index (χ0n) is 22.1. The second-order valence-corrected chi connectivity index (χ2v) is 12.6. The van der Waals surface area contributed by atoms with Crippen LogP contribution in [0.3, 0.4) is 0 Å². The number of nitrogens with zero attached hydrogens (tertiary/aromatic N) is 3. The lowest BCUT2D eigenvalue weighted by atomic mass is 9.78. The predicted molar refractivity (Wildman–Crippen MR) is 147 cm³/mol. The summed E-state index contributed by atoms with van der Waals surface area (Å²) in [6.45, 7) is 8.78. The minimum absolute atomic E-state index is 0.195. The molecule has 0 aliphatic carbocycles. The van der Waals surface area contributed by atoms with Crippen molar-refractivity contribution in [3.8, 4) is 11.3 Å². The van der Waals surface area contributed by atoms with E-state index in [2.05, 4.69) is 9.88 Å². The number of hydrogen-bond donors (Lipinski definition) is 0. The van der Waals surface area contributed by atoms with E-state index in [4.69, 9.17) is 9.31 Å². The minimum Gasteiger partial charge on any atom is -0.399 e. The average molecular weight is 517 g/mol. The fourth-order valence-electron chi connectivity index (χ4n) is 4.56. The summed E-state index contributed by atoms with van der Waals surface area (Å²) in [5.74, 6) is 0. The van der Waals surface area contributed by atoms with Crippen LogP contribution in [0.15, 0.2) is 77.8 Å². The third-order valence-corrected chi connectivity index (χ3v) is 8.95. The molecule has 1 fully saturated rings. The number of hydrogen-bond acceptors (Lipinski definition) is 6.